The monoisotopic (exact) mass is 217 g/mol. The molecule has 0 aromatic heterocycles. The first-order chi connectivity index (χ1) is 7.75. The molecule has 2 aliphatic rings. The molecule has 0 unspecified atom stereocenters. The molecule has 1 aromatic rings. The van der Waals surface area contributed by atoms with Crippen molar-refractivity contribution in [3.05, 3.63) is 29.3 Å². The van der Waals surface area contributed by atoms with Crippen molar-refractivity contribution in [2.45, 2.75) is 18.3 Å². The van der Waals surface area contributed by atoms with Gasteiger partial charge in [-0.25, -0.2) is 0 Å². The number of rotatable bonds is 1. The maximum absolute atomic E-state index is 12.0. The average Bonchev–Trinajstić information content (AvgIpc) is 3.10. The van der Waals surface area contributed by atoms with Gasteiger partial charge in [0.25, 0.3) is 0 Å². The second kappa shape index (κ2) is 3.32. The quantitative estimate of drug-likeness (QED) is 0.775. The van der Waals surface area contributed by atoms with Gasteiger partial charge < -0.3 is 10.1 Å². The van der Waals surface area contributed by atoms with Crippen molar-refractivity contribution < 1.29 is 9.53 Å². The lowest BCUT2D eigenvalue weighted by atomic mass is 9.91. The molecule has 16 heavy (non-hydrogen) atoms. The van der Waals surface area contributed by atoms with E-state index in [0.29, 0.717) is 6.54 Å². The number of Topliss-reactive ketones (excluding diaryl/α,β-unsaturated/α-hetero) is 1. The Hall–Kier alpha value is -1.35. The number of carbonyl (C=O) groups excluding carboxylic acids is 1. The highest BCUT2D eigenvalue weighted by atomic mass is 16.5. The Kier molecular flexibility index (Phi) is 2.04. The number of hydrogen-bond acceptors (Lipinski definition) is 3. The number of fused-ring (bicyclic) bond motifs is 2. The average molecular weight is 217 g/mol. The van der Waals surface area contributed by atoms with E-state index in [2.05, 4.69) is 11.4 Å². The van der Waals surface area contributed by atoms with E-state index in [0.717, 1.165) is 17.9 Å². The Balaban J connectivity index is 2.14. The SMILES string of the molecule is COc1ccc2c(c1)C(=O)CNCC21CC1. The molecule has 0 amide bonds. The summed E-state index contributed by atoms with van der Waals surface area (Å²) >= 11 is 0. The molecule has 3 nitrogen and oxygen atoms in total. The van der Waals surface area contributed by atoms with Gasteiger partial charge in [-0.3, -0.25) is 4.79 Å². The highest BCUT2D eigenvalue weighted by Crippen LogP contribution is 2.50. The van der Waals surface area contributed by atoms with Crippen LogP contribution >= 0.6 is 0 Å². The number of hydrogen-bond donors (Lipinski definition) is 1. The zero-order chi connectivity index (χ0) is 11.2. The van der Waals surface area contributed by atoms with Crippen LogP contribution in [0.25, 0.3) is 0 Å². The van der Waals surface area contributed by atoms with E-state index >= 15 is 0 Å². The maximum Gasteiger partial charge on any atom is 0.177 e. The van der Waals surface area contributed by atoms with Crippen LogP contribution in [0.3, 0.4) is 0 Å². The van der Waals surface area contributed by atoms with Crippen LogP contribution in [0, 0.1) is 0 Å². The number of carbonyl (C=O) groups is 1. The minimum Gasteiger partial charge on any atom is -0.497 e. The summed E-state index contributed by atoms with van der Waals surface area (Å²) in [5.74, 6) is 0.947. The molecule has 1 N–H and O–H groups in total. The van der Waals surface area contributed by atoms with Crippen LogP contribution in [-0.4, -0.2) is 26.0 Å². The molecule has 1 aliphatic carbocycles. The van der Waals surface area contributed by atoms with Crippen LogP contribution in [0.5, 0.6) is 5.75 Å². The van der Waals surface area contributed by atoms with Crippen molar-refractivity contribution in [2.24, 2.45) is 0 Å². The van der Waals surface area contributed by atoms with Crippen molar-refractivity contribution in [2.75, 3.05) is 20.2 Å². The highest BCUT2D eigenvalue weighted by Gasteiger charge is 2.47. The van der Waals surface area contributed by atoms with E-state index in [1.54, 1.807) is 7.11 Å². The molecule has 1 heterocycles. The Bertz CT molecular complexity index is 449. The van der Waals surface area contributed by atoms with E-state index in [4.69, 9.17) is 4.74 Å². The molecule has 0 atom stereocenters. The molecule has 3 heteroatoms. The normalized spacial score (nSPS) is 21.4. The summed E-state index contributed by atoms with van der Waals surface area (Å²) in [6.45, 7) is 1.37. The van der Waals surface area contributed by atoms with Gasteiger partial charge in [-0.2, -0.15) is 0 Å². The van der Waals surface area contributed by atoms with Crippen LogP contribution < -0.4 is 10.1 Å². The smallest absolute Gasteiger partial charge is 0.177 e. The third-order valence-electron chi connectivity index (χ3n) is 3.70. The van der Waals surface area contributed by atoms with Crippen molar-refractivity contribution >= 4 is 5.78 Å². The summed E-state index contributed by atoms with van der Waals surface area (Å²) in [6.07, 6.45) is 2.37. The van der Waals surface area contributed by atoms with Gasteiger partial charge in [-0.05, 0) is 30.5 Å². The summed E-state index contributed by atoms with van der Waals surface area (Å²) in [5, 5.41) is 3.24. The van der Waals surface area contributed by atoms with Gasteiger partial charge in [0.15, 0.2) is 5.78 Å². The summed E-state index contributed by atoms with van der Waals surface area (Å²) in [5.41, 5.74) is 2.29. The molecule has 1 fully saturated rings. The highest BCUT2D eigenvalue weighted by molar-refractivity contribution is 6.00. The summed E-state index contributed by atoms with van der Waals surface area (Å²) < 4.78 is 5.19. The lowest BCUT2D eigenvalue weighted by molar-refractivity contribution is 0.0993. The molecule has 3 rings (SSSR count). The first-order valence-corrected chi connectivity index (χ1v) is 5.68. The number of ether oxygens (including phenoxy) is 1. The third-order valence-corrected chi connectivity index (χ3v) is 3.70. The molecule has 1 spiro atoms. The van der Waals surface area contributed by atoms with Crippen LogP contribution in [-0.2, 0) is 5.41 Å². The Labute approximate surface area is 94.8 Å². The van der Waals surface area contributed by atoms with E-state index in [1.165, 1.54) is 18.4 Å². The molecule has 1 aliphatic heterocycles. The van der Waals surface area contributed by atoms with Gasteiger partial charge in [0, 0.05) is 17.5 Å². The fourth-order valence-corrected chi connectivity index (χ4v) is 2.55. The largest absolute Gasteiger partial charge is 0.497 e. The van der Waals surface area contributed by atoms with Crippen LogP contribution in [0.2, 0.25) is 0 Å². The minimum absolute atomic E-state index is 0.178. The van der Waals surface area contributed by atoms with E-state index < -0.39 is 0 Å². The molecule has 0 saturated heterocycles. The van der Waals surface area contributed by atoms with Crippen molar-refractivity contribution in [3.8, 4) is 5.75 Å². The van der Waals surface area contributed by atoms with Crippen molar-refractivity contribution in [1.82, 2.24) is 5.32 Å². The van der Waals surface area contributed by atoms with E-state index in [1.807, 2.05) is 12.1 Å². The predicted molar refractivity (Wildman–Crippen MR) is 61.1 cm³/mol. The first kappa shape index (κ1) is 9.85. The molecular weight excluding hydrogens is 202 g/mol. The molecule has 84 valence electrons. The first-order valence-electron chi connectivity index (χ1n) is 5.68. The maximum atomic E-state index is 12.0. The van der Waals surface area contributed by atoms with E-state index in [9.17, 15) is 4.79 Å². The molecular formula is C13H15NO2. The molecule has 1 saturated carbocycles. The lowest BCUT2D eigenvalue weighted by Gasteiger charge is -2.15. The topological polar surface area (TPSA) is 38.3 Å². The van der Waals surface area contributed by atoms with Gasteiger partial charge in [-0.15, -0.1) is 0 Å². The standard InChI is InChI=1S/C13H15NO2/c1-16-9-2-3-11-10(6-9)12(15)7-14-8-13(11)4-5-13/h2-3,6,14H,4-5,7-8H2,1H3. The minimum atomic E-state index is 0.178. The second-order valence-electron chi connectivity index (χ2n) is 4.72. The fraction of sp³-hybridized carbons (Fsp3) is 0.462. The van der Waals surface area contributed by atoms with Crippen LogP contribution in [0.1, 0.15) is 28.8 Å². The fourth-order valence-electron chi connectivity index (χ4n) is 2.55. The van der Waals surface area contributed by atoms with Crippen molar-refractivity contribution in [1.29, 1.82) is 0 Å². The Morgan fingerprint density at radius 3 is 2.88 bits per heavy atom. The number of ketones is 1. The Morgan fingerprint density at radius 2 is 2.19 bits per heavy atom. The second-order valence-corrected chi connectivity index (χ2v) is 4.72. The van der Waals surface area contributed by atoms with Crippen LogP contribution in [0.15, 0.2) is 18.2 Å². The van der Waals surface area contributed by atoms with Gasteiger partial charge in [0.05, 0.1) is 13.7 Å². The summed E-state index contributed by atoms with van der Waals surface area (Å²) in [4.78, 5) is 12.0. The van der Waals surface area contributed by atoms with Gasteiger partial charge in [-0.1, -0.05) is 6.07 Å². The van der Waals surface area contributed by atoms with Gasteiger partial charge in [0.2, 0.25) is 0 Å². The molecule has 0 radical (unpaired) electrons. The zero-order valence-electron chi connectivity index (χ0n) is 9.38. The van der Waals surface area contributed by atoms with E-state index in [-0.39, 0.29) is 11.2 Å². The molecule has 1 aromatic carbocycles. The number of nitrogens with one attached hydrogen (secondary N) is 1. The summed E-state index contributed by atoms with van der Waals surface area (Å²) in [6, 6.07) is 5.90. The summed E-state index contributed by atoms with van der Waals surface area (Å²) in [7, 11) is 1.63. The molecule has 0 bridgehead atoms. The third kappa shape index (κ3) is 1.35. The van der Waals surface area contributed by atoms with Crippen LogP contribution in [0.4, 0.5) is 0 Å². The lowest BCUT2D eigenvalue weighted by Crippen LogP contribution is -2.26. The Morgan fingerprint density at radius 1 is 1.38 bits per heavy atom. The van der Waals surface area contributed by atoms with Gasteiger partial charge >= 0.3 is 0 Å². The van der Waals surface area contributed by atoms with Crippen molar-refractivity contribution in [3.63, 3.8) is 0 Å². The predicted octanol–water partition coefficient (Wildman–Crippen LogP) is 1.51. The van der Waals surface area contributed by atoms with Gasteiger partial charge in [0.1, 0.15) is 5.75 Å². The number of methoxy groups -OCH3 is 1. The number of benzene rings is 1. The zero-order valence-corrected chi connectivity index (χ0v) is 9.38.